The van der Waals surface area contributed by atoms with Crippen molar-refractivity contribution in [3.05, 3.63) is 56.7 Å². The summed E-state index contributed by atoms with van der Waals surface area (Å²) in [4.78, 5) is 31.2. The van der Waals surface area contributed by atoms with E-state index in [1.54, 1.807) is 25.2 Å². The molecular formula is C18H20FN5O3. The number of ether oxygens (including phenoxy) is 1. The van der Waals surface area contributed by atoms with E-state index in [4.69, 9.17) is 4.74 Å². The largest absolute Gasteiger partial charge is 0.489 e. The third kappa shape index (κ3) is 2.93. The fraction of sp³-hybridized carbons (Fsp3) is 0.389. The van der Waals surface area contributed by atoms with Crippen molar-refractivity contribution >= 4 is 11.2 Å². The first-order valence-electron chi connectivity index (χ1n) is 8.72. The lowest BCUT2D eigenvalue weighted by atomic mass is 10.3. The van der Waals surface area contributed by atoms with Crippen LogP contribution in [0.5, 0.6) is 5.75 Å². The third-order valence-corrected chi connectivity index (χ3v) is 4.93. The predicted molar refractivity (Wildman–Crippen MR) is 97.4 cm³/mol. The number of imidazole rings is 1. The Hall–Kier alpha value is -2.94. The SMILES string of the molecule is Cn1c(=O)c2c(nc3n2CCN(CCOc2ccccc2F)C3)n(C)c1=O. The summed E-state index contributed by atoms with van der Waals surface area (Å²) < 4.78 is 23.5. The van der Waals surface area contributed by atoms with Gasteiger partial charge in [0, 0.05) is 33.7 Å². The molecule has 0 amide bonds. The number of benzene rings is 1. The molecule has 0 fully saturated rings. The first kappa shape index (κ1) is 17.5. The minimum Gasteiger partial charge on any atom is -0.489 e. The van der Waals surface area contributed by atoms with E-state index < -0.39 is 5.69 Å². The molecule has 0 saturated carbocycles. The second-order valence-electron chi connectivity index (χ2n) is 6.61. The van der Waals surface area contributed by atoms with E-state index >= 15 is 0 Å². The zero-order chi connectivity index (χ0) is 19.1. The summed E-state index contributed by atoms with van der Waals surface area (Å²) in [5.74, 6) is 0.593. The van der Waals surface area contributed by atoms with E-state index in [9.17, 15) is 14.0 Å². The molecule has 3 aromatic rings. The highest BCUT2D eigenvalue weighted by Gasteiger charge is 2.24. The summed E-state index contributed by atoms with van der Waals surface area (Å²) in [5.41, 5.74) is 0.140. The first-order valence-corrected chi connectivity index (χ1v) is 8.72. The summed E-state index contributed by atoms with van der Waals surface area (Å²) >= 11 is 0. The maximum absolute atomic E-state index is 13.6. The molecule has 3 heterocycles. The van der Waals surface area contributed by atoms with E-state index in [1.165, 1.54) is 17.7 Å². The van der Waals surface area contributed by atoms with Gasteiger partial charge >= 0.3 is 5.69 Å². The van der Waals surface area contributed by atoms with Crippen molar-refractivity contribution in [2.75, 3.05) is 19.7 Å². The van der Waals surface area contributed by atoms with Crippen molar-refractivity contribution in [1.29, 1.82) is 0 Å². The van der Waals surface area contributed by atoms with Crippen LogP contribution in [0.3, 0.4) is 0 Å². The van der Waals surface area contributed by atoms with Crippen LogP contribution < -0.4 is 16.0 Å². The molecule has 4 rings (SSSR count). The summed E-state index contributed by atoms with van der Waals surface area (Å²) in [6, 6.07) is 6.31. The Morgan fingerprint density at radius 2 is 1.93 bits per heavy atom. The lowest BCUT2D eigenvalue weighted by Gasteiger charge is -2.27. The predicted octanol–water partition coefficient (Wildman–Crippen LogP) is 0.467. The van der Waals surface area contributed by atoms with Crippen LogP contribution in [-0.4, -0.2) is 43.3 Å². The fourth-order valence-electron chi connectivity index (χ4n) is 3.41. The van der Waals surface area contributed by atoms with E-state index in [0.717, 1.165) is 10.4 Å². The van der Waals surface area contributed by atoms with Crippen molar-refractivity contribution in [1.82, 2.24) is 23.6 Å². The van der Waals surface area contributed by atoms with Crippen LogP contribution in [0.15, 0.2) is 33.9 Å². The number of halogens is 1. The van der Waals surface area contributed by atoms with Crippen LogP contribution in [0, 0.1) is 5.82 Å². The molecule has 1 aliphatic rings. The molecule has 9 heteroatoms. The van der Waals surface area contributed by atoms with Crippen molar-refractivity contribution in [2.45, 2.75) is 13.1 Å². The zero-order valence-corrected chi connectivity index (χ0v) is 15.2. The van der Waals surface area contributed by atoms with Gasteiger partial charge in [0.25, 0.3) is 5.56 Å². The smallest absolute Gasteiger partial charge is 0.332 e. The average Bonchev–Trinajstić information content (AvgIpc) is 3.05. The molecule has 0 bridgehead atoms. The van der Waals surface area contributed by atoms with E-state index in [2.05, 4.69) is 9.88 Å². The second-order valence-corrected chi connectivity index (χ2v) is 6.61. The molecule has 0 spiro atoms. The molecule has 1 aromatic carbocycles. The van der Waals surface area contributed by atoms with Gasteiger partial charge in [-0.1, -0.05) is 12.1 Å². The molecule has 27 heavy (non-hydrogen) atoms. The first-order chi connectivity index (χ1) is 13.0. The summed E-state index contributed by atoms with van der Waals surface area (Å²) in [7, 11) is 3.09. The van der Waals surface area contributed by atoms with Crippen LogP contribution in [0.25, 0.3) is 11.2 Å². The number of nitrogens with zero attached hydrogens (tertiary/aromatic N) is 5. The third-order valence-electron chi connectivity index (χ3n) is 4.93. The van der Waals surface area contributed by atoms with E-state index in [0.29, 0.717) is 43.9 Å². The molecule has 0 N–H and O–H groups in total. The normalized spacial score (nSPS) is 14.5. The molecule has 0 atom stereocenters. The highest BCUT2D eigenvalue weighted by atomic mass is 19.1. The number of rotatable bonds is 4. The van der Waals surface area contributed by atoms with Crippen molar-refractivity contribution < 1.29 is 9.13 Å². The lowest BCUT2D eigenvalue weighted by molar-refractivity contribution is 0.173. The van der Waals surface area contributed by atoms with Gasteiger partial charge in [0.05, 0.1) is 6.54 Å². The van der Waals surface area contributed by atoms with Crippen molar-refractivity contribution in [3.8, 4) is 5.75 Å². The van der Waals surface area contributed by atoms with Gasteiger partial charge in [-0.25, -0.2) is 14.2 Å². The quantitative estimate of drug-likeness (QED) is 0.665. The molecule has 2 aromatic heterocycles. The summed E-state index contributed by atoms with van der Waals surface area (Å²) in [6.07, 6.45) is 0. The number of para-hydroxylation sites is 1. The Balaban J connectivity index is 1.53. The number of aromatic nitrogens is 4. The zero-order valence-electron chi connectivity index (χ0n) is 15.2. The van der Waals surface area contributed by atoms with Crippen LogP contribution >= 0.6 is 0 Å². The Bertz CT molecular complexity index is 1130. The van der Waals surface area contributed by atoms with Gasteiger partial charge in [-0.15, -0.1) is 0 Å². The van der Waals surface area contributed by atoms with Gasteiger partial charge in [-0.05, 0) is 12.1 Å². The van der Waals surface area contributed by atoms with Crippen LogP contribution in [0.4, 0.5) is 4.39 Å². The maximum Gasteiger partial charge on any atom is 0.332 e. The van der Waals surface area contributed by atoms with Gasteiger partial charge in [0.2, 0.25) is 0 Å². The molecule has 0 unspecified atom stereocenters. The van der Waals surface area contributed by atoms with Gasteiger partial charge in [-0.2, -0.15) is 0 Å². The fourth-order valence-corrected chi connectivity index (χ4v) is 3.41. The molecule has 1 aliphatic heterocycles. The van der Waals surface area contributed by atoms with Gasteiger partial charge in [-0.3, -0.25) is 18.8 Å². The molecular weight excluding hydrogens is 353 g/mol. The highest BCUT2D eigenvalue weighted by molar-refractivity contribution is 5.71. The topological polar surface area (TPSA) is 74.3 Å². The number of aryl methyl sites for hydroxylation is 1. The van der Waals surface area contributed by atoms with Gasteiger partial charge < -0.3 is 9.30 Å². The molecule has 0 aliphatic carbocycles. The van der Waals surface area contributed by atoms with E-state index in [1.807, 2.05) is 4.57 Å². The lowest BCUT2D eigenvalue weighted by Crippen LogP contribution is -2.39. The van der Waals surface area contributed by atoms with Crippen molar-refractivity contribution in [3.63, 3.8) is 0 Å². The Kier molecular flexibility index (Phi) is 4.31. The van der Waals surface area contributed by atoms with Gasteiger partial charge in [0.15, 0.2) is 22.7 Å². The van der Waals surface area contributed by atoms with Crippen LogP contribution in [0.2, 0.25) is 0 Å². The summed E-state index contributed by atoms with van der Waals surface area (Å²) in [5, 5.41) is 0. The monoisotopic (exact) mass is 373 g/mol. The number of hydrogen-bond donors (Lipinski definition) is 0. The van der Waals surface area contributed by atoms with Crippen LogP contribution in [0.1, 0.15) is 5.82 Å². The molecule has 8 nitrogen and oxygen atoms in total. The van der Waals surface area contributed by atoms with E-state index in [-0.39, 0.29) is 17.1 Å². The number of hydrogen-bond acceptors (Lipinski definition) is 5. The average molecular weight is 373 g/mol. The standard InChI is InChI=1S/C18H20FN5O3/c1-21-16-15(17(25)22(2)18(21)26)24-8-7-23(11-14(24)20-16)9-10-27-13-6-4-3-5-12(13)19/h3-6H,7-11H2,1-2H3. The molecule has 142 valence electrons. The molecule has 0 radical (unpaired) electrons. The van der Waals surface area contributed by atoms with Crippen molar-refractivity contribution in [2.24, 2.45) is 14.1 Å². The highest BCUT2D eigenvalue weighted by Crippen LogP contribution is 2.18. The van der Waals surface area contributed by atoms with Gasteiger partial charge in [0.1, 0.15) is 12.4 Å². The van der Waals surface area contributed by atoms with Crippen LogP contribution in [-0.2, 0) is 27.2 Å². The Morgan fingerprint density at radius 1 is 1.15 bits per heavy atom. The minimum atomic E-state index is -0.391. The maximum atomic E-state index is 13.6. The number of fused-ring (bicyclic) bond motifs is 3. The second kappa shape index (κ2) is 6.66. The summed E-state index contributed by atoms with van der Waals surface area (Å²) in [6.45, 7) is 2.80. The Morgan fingerprint density at radius 3 is 2.70 bits per heavy atom. The minimum absolute atomic E-state index is 0.236. The Labute approximate surface area is 154 Å². The molecule has 0 saturated heterocycles.